The van der Waals surface area contributed by atoms with Gasteiger partial charge in [0.05, 0.1) is 17.4 Å². The topological polar surface area (TPSA) is 57.7 Å². The highest BCUT2D eigenvalue weighted by atomic mass is 35.5. The van der Waals surface area contributed by atoms with E-state index in [-0.39, 0.29) is 23.3 Å². The Kier molecular flexibility index (Phi) is 5.78. The van der Waals surface area contributed by atoms with E-state index in [0.717, 1.165) is 35.1 Å². The number of carbonyl (C=O) groups is 1. The molecule has 3 heterocycles. The minimum absolute atomic E-state index is 0.0119. The molecule has 2 saturated heterocycles. The molecule has 1 amide bonds. The Morgan fingerprint density at radius 2 is 1.86 bits per heavy atom. The van der Waals surface area contributed by atoms with Crippen molar-refractivity contribution >= 4 is 38.7 Å². The van der Waals surface area contributed by atoms with E-state index < -0.39 is 9.84 Å². The second-order valence-electron chi connectivity index (χ2n) is 7.45. The summed E-state index contributed by atoms with van der Waals surface area (Å²) in [4.78, 5) is 19.2. The van der Waals surface area contributed by atoms with Crippen LogP contribution in [0.4, 0.5) is 0 Å². The van der Waals surface area contributed by atoms with Crippen molar-refractivity contribution in [3.8, 4) is 10.4 Å². The summed E-state index contributed by atoms with van der Waals surface area (Å²) >= 11 is 8.05. The van der Waals surface area contributed by atoms with E-state index >= 15 is 0 Å². The van der Waals surface area contributed by atoms with Gasteiger partial charge in [-0.05, 0) is 24.6 Å². The van der Waals surface area contributed by atoms with Crippen molar-refractivity contribution in [1.29, 1.82) is 0 Å². The number of carbonyl (C=O) groups excluding carboxylic acids is 1. The lowest BCUT2D eigenvalue weighted by molar-refractivity contribution is -0.136. The summed E-state index contributed by atoms with van der Waals surface area (Å²) in [5.41, 5.74) is 1.06. The lowest BCUT2D eigenvalue weighted by Gasteiger charge is -2.35. The summed E-state index contributed by atoms with van der Waals surface area (Å²) in [7, 11) is -3.02. The minimum atomic E-state index is -3.02. The van der Waals surface area contributed by atoms with Crippen LogP contribution in [-0.2, 0) is 21.2 Å². The molecule has 2 aliphatic rings. The van der Waals surface area contributed by atoms with E-state index in [1.165, 1.54) is 4.88 Å². The molecule has 150 valence electrons. The lowest BCUT2D eigenvalue weighted by Crippen LogP contribution is -2.50. The van der Waals surface area contributed by atoms with Crippen LogP contribution in [0.3, 0.4) is 0 Å². The zero-order valence-electron chi connectivity index (χ0n) is 15.5. The molecular weight excluding hydrogens is 416 g/mol. The SMILES string of the molecule is O=C(C1CCS(=O)(=O)C1)N1CCN(Cc2ccc(-c3ccccc3Cl)s2)CC1. The molecule has 2 aliphatic heterocycles. The normalized spacial score (nSPS) is 22.5. The first-order valence-electron chi connectivity index (χ1n) is 9.46. The third-order valence-corrected chi connectivity index (χ3v) is 8.65. The smallest absolute Gasteiger partial charge is 0.226 e. The molecule has 0 aliphatic carbocycles. The van der Waals surface area contributed by atoms with Crippen LogP contribution in [0.25, 0.3) is 10.4 Å². The Morgan fingerprint density at radius 1 is 1.11 bits per heavy atom. The first-order chi connectivity index (χ1) is 13.4. The quantitative estimate of drug-likeness (QED) is 0.735. The molecule has 1 unspecified atom stereocenters. The Morgan fingerprint density at radius 3 is 2.54 bits per heavy atom. The maximum absolute atomic E-state index is 12.6. The molecule has 2 fully saturated rings. The molecule has 5 nitrogen and oxygen atoms in total. The summed E-state index contributed by atoms with van der Waals surface area (Å²) < 4.78 is 23.2. The van der Waals surface area contributed by atoms with Crippen LogP contribution in [0.5, 0.6) is 0 Å². The van der Waals surface area contributed by atoms with Crippen LogP contribution in [0.1, 0.15) is 11.3 Å². The van der Waals surface area contributed by atoms with Gasteiger partial charge in [-0.3, -0.25) is 9.69 Å². The maximum Gasteiger partial charge on any atom is 0.226 e. The Bertz CT molecular complexity index is 965. The molecule has 28 heavy (non-hydrogen) atoms. The number of hydrogen-bond donors (Lipinski definition) is 0. The van der Waals surface area contributed by atoms with Gasteiger partial charge >= 0.3 is 0 Å². The van der Waals surface area contributed by atoms with Gasteiger partial charge < -0.3 is 4.90 Å². The number of hydrogen-bond acceptors (Lipinski definition) is 5. The highest BCUT2D eigenvalue weighted by Gasteiger charge is 2.36. The van der Waals surface area contributed by atoms with Crippen LogP contribution in [0.2, 0.25) is 5.02 Å². The summed E-state index contributed by atoms with van der Waals surface area (Å²) in [5.74, 6) is -0.161. The Labute approximate surface area is 174 Å². The molecule has 0 bridgehead atoms. The summed E-state index contributed by atoms with van der Waals surface area (Å²) in [6.45, 7) is 3.81. The number of rotatable bonds is 4. The monoisotopic (exact) mass is 438 g/mol. The minimum Gasteiger partial charge on any atom is -0.340 e. The highest BCUT2D eigenvalue weighted by Crippen LogP contribution is 2.33. The van der Waals surface area contributed by atoms with Crippen LogP contribution >= 0.6 is 22.9 Å². The molecule has 0 radical (unpaired) electrons. The lowest BCUT2D eigenvalue weighted by atomic mass is 10.1. The molecule has 0 N–H and O–H groups in total. The molecule has 8 heteroatoms. The number of halogens is 1. The van der Waals surface area contributed by atoms with Gasteiger partial charge in [-0.25, -0.2) is 8.42 Å². The first-order valence-corrected chi connectivity index (χ1v) is 12.5. The molecular formula is C20H23ClN2O3S2. The third-order valence-electron chi connectivity index (χ3n) is 5.45. The van der Waals surface area contributed by atoms with Gasteiger partial charge in [0.25, 0.3) is 0 Å². The van der Waals surface area contributed by atoms with E-state index in [0.29, 0.717) is 19.5 Å². The van der Waals surface area contributed by atoms with Crippen LogP contribution in [0, 0.1) is 5.92 Å². The average molecular weight is 439 g/mol. The Hall–Kier alpha value is -1.41. The van der Waals surface area contributed by atoms with E-state index in [9.17, 15) is 13.2 Å². The first kappa shape index (κ1) is 19.9. The largest absolute Gasteiger partial charge is 0.340 e. The van der Waals surface area contributed by atoms with E-state index in [4.69, 9.17) is 11.6 Å². The fourth-order valence-corrected chi connectivity index (χ4v) is 6.98. The van der Waals surface area contributed by atoms with Crippen molar-refractivity contribution in [2.24, 2.45) is 5.92 Å². The van der Waals surface area contributed by atoms with E-state index in [1.807, 2.05) is 29.2 Å². The van der Waals surface area contributed by atoms with Gasteiger partial charge in [0.1, 0.15) is 0 Å². The molecule has 2 aromatic rings. The summed E-state index contributed by atoms with van der Waals surface area (Å²) in [6.07, 6.45) is 0.474. The number of piperazine rings is 1. The second kappa shape index (κ2) is 8.14. The van der Waals surface area contributed by atoms with Crippen molar-refractivity contribution in [3.05, 3.63) is 46.3 Å². The van der Waals surface area contributed by atoms with Gasteiger partial charge in [0.15, 0.2) is 9.84 Å². The maximum atomic E-state index is 12.6. The van der Waals surface area contributed by atoms with Crippen molar-refractivity contribution in [2.75, 3.05) is 37.7 Å². The van der Waals surface area contributed by atoms with Gasteiger partial charge in [0, 0.05) is 53.1 Å². The van der Waals surface area contributed by atoms with Gasteiger partial charge in [-0.15, -0.1) is 11.3 Å². The van der Waals surface area contributed by atoms with Crippen molar-refractivity contribution in [2.45, 2.75) is 13.0 Å². The van der Waals surface area contributed by atoms with Crippen molar-refractivity contribution in [1.82, 2.24) is 9.80 Å². The van der Waals surface area contributed by atoms with Crippen molar-refractivity contribution < 1.29 is 13.2 Å². The van der Waals surface area contributed by atoms with Crippen LogP contribution in [-0.4, -0.2) is 61.8 Å². The highest BCUT2D eigenvalue weighted by molar-refractivity contribution is 7.91. The second-order valence-corrected chi connectivity index (χ2v) is 11.3. The van der Waals surface area contributed by atoms with Crippen molar-refractivity contribution in [3.63, 3.8) is 0 Å². The standard InChI is InChI=1S/C20H23ClN2O3S2/c21-18-4-2-1-3-17(18)19-6-5-16(27-19)13-22-8-10-23(11-9-22)20(24)15-7-12-28(25,26)14-15/h1-6,15H,7-14H2. The zero-order chi connectivity index (χ0) is 19.7. The predicted octanol–water partition coefficient (Wildman–Crippen LogP) is 3.15. The average Bonchev–Trinajstić information content (AvgIpc) is 3.28. The molecule has 0 spiro atoms. The number of benzene rings is 1. The van der Waals surface area contributed by atoms with E-state index in [2.05, 4.69) is 17.0 Å². The van der Waals surface area contributed by atoms with E-state index in [1.54, 1.807) is 11.3 Å². The number of sulfone groups is 1. The third kappa shape index (κ3) is 4.43. The molecule has 1 atom stereocenters. The number of nitrogens with zero attached hydrogens (tertiary/aromatic N) is 2. The fraction of sp³-hybridized carbons (Fsp3) is 0.450. The van der Waals surface area contributed by atoms with Crippen LogP contribution in [0.15, 0.2) is 36.4 Å². The van der Waals surface area contributed by atoms with Gasteiger partial charge in [-0.1, -0.05) is 29.8 Å². The summed E-state index contributed by atoms with van der Waals surface area (Å²) in [5, 5.41) is 0.761. The predicted molar refractivity (Wildman–Crippen MR) is 113 cm³/mol. The molecule has 4 rings (SSSR count). The molecule has 0 saturated carbocycles. The molecule has 1 aromatic carbocycles. The summed E-state index contributed by atoms with van der Waals surface area (Å²) in [6, 6.07) is 12.1. The Balaban J connectivity index is 1.32. The number of amides is 1. The van der Waals surface area contributed by atoms with Crippen LogP contribution < -0.4 is 0 Å². The number of thiophene rings is 1. The molecule has 1 aromatic heterocycles. The van der Waals surface area contributed by atoms with Gasteiger partial charge in [0.2, 0.25) is 5.91 Å². The fourth-order valence-electron chi connectivity index (χ4n) is 3.86. The zero-order valence-corrected chi connectivity index (χ0v) is 17.9. The van der Waals surface area contributed by atoms with Gasteiger partial charge in [-0.2, -0.15) is 0 Å².